The summed E-state index contributed by atoms with van der Waals surface area (Å²) in [7, 11) is 1.71. The van der Waals surface area contributed by atoms with Gasteiger partial charge in [-0.05, 0) is 25.0 Å². The number of rotatable bonds is 13. The van der Waals surface area contributed by atoms with Crippen molar-refractivity contribution in [3.05, 3.63) is 71.9 Å². The van der Waals surface area contributed by atoms with Crippen LogP contribution in [0.15, 0.2) is 60.8 Å². The van der Waals surface area contributed by atoms with E-state index in [4.69, 9.17) is 0 Å². The maximum atomic E-state index is 12.5. The van der Waals surface area contributed by atoms with Gasteiger partial charge in [-0.15, -0.1) is 0 Å². The lowest BCUT2D eigenvalue weighted by Crippen LogP contribution is -2.24. The highest BCUT2D eigenvalue weighted by molar-refractivity contribution is 5.99. The van der Waals surface area contributed by atoms with Crippen molar-refractivity contribution in [2.45, 2.75) is 147 Å². The molecular formula is C40H71NO2. The Labute approximate surface area is 269 Å². The van der Waals surface area contributed by atoms with Crippen LogP contribution in [0.25, 0.3) is 11.1 Å². The molecule has 3 nitrogen and oxygen atoms in total. The number of hydrogen-bond acceptors (Lipinski definition) is 3. The summed E-state index contributed by atoms with van der Waals surface area (Å²) in [6, 6.07) is 15.8. The molecule has 0 bridgehead atoms. The number of allylic oxidation sites excluding steroid dienone is 1. The number of ketones is 2. The molecule has 0 aliphatic rings. The lowest BCUT2D eigenvalue weighted by molar-refractivity contribution is -0.119. The molecule has 1 atom stereocenters. The SMILES string of the molecule is C=C(NC)C(CC(=O)c1ccc(-c2ccc(C)cc2)cc1)C(C)=O.CC.CC.CCCC.CCCC.CCCCCCC. The number of unbranched alkanes of at least 4 members (excludes halogenated alkanes) is 6. The lowest BCUT2D eigenvalue weighted by atomic mass is 9.92. The summed E-state index contributed by atoms with van der Waals surface area (Å²) < 4.78 is 0. The van der Waals surface area contributed by atoms with E-state index in [9.17, 15) is 9.59 Å². The standard InChI is InChI=1S/C21H23NO2.C7H16.2C4H10.2C2H6/c1-14-5-7-17(8-6-14)18-9-11-19(12-10-18)21(24)13-20(16(3)23)15(2)22-4;1-3-5-7-6-4-2;2*1-3-4-2;2*1-2/h5-12,20,22H,2,13H2,1,3-4H3;3-7H2,1-2H3;2*3-4H2,1-2H3;2*1-2H3. The summed E-state index contributed by atoms with van der Waals surface area (Å²) in [4.78, 5) is 24.2. The van der Waals surface area contributed by atoms with E-state index in [0.29, 0.717) is 11.3 Å². The Morgan fingerprint density at radius 3 is 1.33 bits per heavy atom. The molecule has 0 saturated carbocycles. The summed E-state index contributed by atoms with van der Waals surface area (Å²) in [6.45, 7) is 28.6. The largest absolute Gasteiger partial charge is 0.391 e. The van der Waals surface area contributed by atoms with Crippen molar-refractivity contribution < 1.29 is 9.59 Å². The van der Waals surface area contributed by atoms with Gasteiger partial charge in [-0.1, -0.05) is 188 Å². The van der Waals surface area contributed by atoms with Crippen LogP contribution in [0.1, 0.15) is 156 Å². The average Bonchev–Trinajstić information content (AvgIpc) is 3.06. The van der Waals surface area contributed by atoms with Crippen LogP contribution in [0.2, 0.25) is 0 Å². The second-order valence-electron chi connectivity index (χ2n) is 10.1. The zero-order chi connectivity index (χ0) is 34.1. The fourth-order valence-corrected chi connectivity index (χ4v) is 3.26. The number of nitrogens with one attached hydrogen (secondary N) is 1. The number of Topliss-reactive ketones (excluding diaryl/α,β-unsaturated/α-hetero) is 2. The van der Waals surface area contributed by atoms with Gasteiger partial charge in [0.25, 0.3) is 0 Å². The molecule has 0 spiro atoms. The highest BCUT2D eigenvalue weighted by atomic mass is 16.1. The molecule has 0 aliphatic carbocycles. The zero-order valence-corrected chi connectivity index (χ0v) is 30.8. The third-order valence-corrected chi connectivity index (χ3v) is 6.42. The van der Waals surface area contributed by atoms with Gasteiger partial charge < -0.3 is 5.32 Å². The molecule has 1 N–H and O–H groups in total. The van der Waals surface area contributed by atoms with Gasteiger partial charge in [0, 0.05) is 24.7 Å². The van der Waals surface area contributed by atoms with Gasteiger partial charge >= 0.3 is 0 Å². The summed E-state index contributed by atoms with van der Waals surface area (Å²) in [5.41, 5.74) is 4.58. The Hall–Kier alpha value is -2.68. The molecule has 0 aliphatic heterocycles. The number of carbonyl (C=O) groups excluding carboxylic acids is 2. The molecule has 1 unspecified atom stereocenters. The van der Waals surface area contributed by atoms with Gasteiger partial charge in [0.15, 0.2) is 5.78 Å². The predicted molar refractivity (Wildman–Crippen MR) is 196 cm³/mol. The molecule has 2 aromatic carbocycles. The van der Waals surface area contributed by atoms with E-state index in [1.165, 1.54) is 70.3 Å². The van der Waals surface area contributed by atoms with Crippen molar-refractivity contribution in [1.82, 2.24) is 5.32 Å². The van der Waals surface area contributed by atoms with E-state index in [0.717, 1.165) is 11.1 Å². The molecule has 2 rings (SSSR count). The molecule has 43 heavy (non-hydrogen) atoms. The topological polar surface area (TPSA) is 46.2 Å². The van der Waals surface area contributed by atoms with E-state index in [1.807, 2.05) is 52.0 Å². The Kier molecular flexibility index (Phi) is 39.0. The molecule has 0 amide bonds. The number of benzene rings is 2. The van der Waals surface area contributed by atoms with Gasteiger partial charge in [0.05, 0.1) is 5.92 Å². The summed E-state index contributed by atoms with van der Waals surface area (Å²) in [6.07, 6.45) is 12.4. The second kappa shape index (κ2) is 35.5. The Balaban J connectivity index is -0.000000329. The van der Waals surface area contributed by atoms with Gasteiger partial charge in [-0.25, -0.2) is 0 Å². The van der Waals surface area contributed by atoms with E-state index >= 15 is 0 Å². The van der Waals surface area contributed by atoms with E-state index in [2.05, 4.69) is 84.6 Å². The number of hydrogen-bond donors (Lipinski definition) is 1. The van der Waals surface area contributed by atoms with Crippen LogP contribution in [0.4, 0.5) is 0 Å². The van der Waals surface area contributed by atoms with Crippen LogP contribution in [-0.2, 0) is 4.79 Å². The van der Waals surface area contributed by atoms with Crippen molar-refractivity contribution in [3.63, 3.8) is 0 Å². The van der Waals surface area contributed by atoms with Crippen LogP contribution in [-0.4, -0.2) is 18.6 Å². The number of carbonyl (C=O) groups is 2. The Morgan fingerprint density at radius 1 is 0.651 bits per heavy atom. The maximum Gasteiger partial charge on any atom is 0.163 e. The maximum absolute atomic E-state index is 12.5. The minimum Gasteiger partial charge on any atom is -0.391 e. The molecular weight excluding hydrogens is 526 g/mol. The van der Waals surface area contributed by atoms with Crippen molar-refractivity contribution in [2.75, 3.05) is 7.05 Å². The van der Waals surface area contributed by atoms with Crippen LogP contribution < -0.4 is 5.32 Å². The Morgan fingerprint density at radius 2 is 1.02 bits per heavy atom. The average molecular weight is 598 g/mol. The molecule has 0 saturated heterocycles. The minimum absolute atomic E-state index is 0.0537. The fourth-order valence-electron chi connectivity index (χ4n) is 3.26. The van der Waals surface area contributed by atoms with Crippen LogP contribution in [0.3, 0.4) is 0 Å². The van der Waals surface area contributed by atoms with Crippen molar-refractivity contribution >= 4 is 11.6 Å². The van der Waals surface area contributed by atoms with Crippen LogP contribution in [0.5, 0.6) is 0 Å². The van der Waals surface area contributed by atoms with E-state index in [1.54, 1.807) is 7.05 Å². The molecule has 3 heteroatoms. The monoisotopic (exact) mass is 598 g/mol. The third kappa shape index (κ3) is 26.7. The summed E-state index contributed by atoms with van der Waals surface area (Å²) in [5, 5.41) is 2.87. The van der Waals surface area contributed by atoms with Crippen molar-refractivity contribution in [1.29, 1.82) is 0 Å². The molecule has 248 valence electrons. The summed E-state index contributed by atoms with van der Waals surface area (Å²) in [5.74, 6) is -0.597. The highest BCUT2D eigenvalue weighted by Crippen LogP contribution is 2.22. The first kappa shape index (κ1) is 47.3. The predicted octanol–water partition coefficient (Wildman–Crippen LogP) is 12.8. The van der Waals surface area contributed by atoms with Crippen molar-refractivity contribution in [2.24, 2.45) is 5.92 Å². The summed E-state index contributed by atoms with van der Waals surface area (Å²) >= 11 is 0. The normalized spacial score (nSPS) is 9.70. The van der Waals surface area contributed by atoms with Crippen molar-refractivity contribution in [3.8, 4) is 11.1 Å². The lowest BCUT2D eigenvalue weighted by Gasteiger charge is -2.15. The second-order valence-corrected chi connectivity index (χ2v) is 10.1. The van der Waals surface area contributed by atoms with Crippen LogP contribution >= 0.6 is 0 Å². The molecule has 2 aromatic rings. The fraction of sp³-hybridized carbons (Fsp3) is 0.600. The smallest absolute Gasteiger partial charge is 0.163 e. The number of aryl methyl sites for hydroxylation is 1. The molecule has 0 aromatic heterocycles. The van der Waals surface area contributed by atoms with Crippen LogP contribution in [0, 0.1) is 12.8 Å². The Bertz CT molecular complexity index is 870. The first-order valence-corrected chi connectivity index (χ1v) is 17.2. The highest BCUT2D eigenvalue weighted by Gasteiger charge is 2.21. The van der Waals surface area contributed by atoms with E-state index in [-0.39, 0.29) is 18.0 Å². The third-order valence-electron chi connectivity index (χ3n) is 6.42. The minimum atomic E-state index is -0.487. The molecule has 0 heterocycles. The molecule has 0 radical (unpaired) electrons. The molecule has 0 fully saturated rings. The first-order valence-electron chi connectivity index (χ1n) is 17.2. The van der Waals surface area contributed by atoms with Gasteiger partial charge in [-0.2, -0.15) is 0 Å². The van der Waals surface area contributed by atoms with Gasteiger partial charge in [0.1, 0.15) is 5.78 Å². The van der Waals surface area contributed by atoms with Gasteiger partial charge in [-0.3, -0.25) is 9.59 Å². The first-order chi connectivity index (χ1) is 20.7. The van der Waals surface area contributed by atoms with E-state index < -0.39 is 5.92 Å². The van der Waals surface area contributed by atoms with Gasteiger partial charge in [0.2, 0.25) is 0 Å². The zero-order valence-electron chi connectivity index (χ0n) is 30.8. The quantitative estimate of drug-likeness (QED) is 0.184.